The lowest BCUT2D eigenvalue weighted by Crippen LogP contribution is -2.39. The Morgan fingerprint density at radius 2 is 2.24 bits per heavy atom. The standard InChI is InChI=1S/C14H17IN2O4/c1-9-8-17(5-2-6-21-9)14(20)16-12-4-3-10(15)7-11(12)13(18)19/h3-4,7,9H,2,5-6,8H2,1H3,(H,16,20)(H,18,19). The average Bonchev–Trinajstić information content (AvgIpc) is 2.65. The Labute approximate surface area is 136 Å². The molecule has 114 valence electrons. The third kappa shape index (κ3) is 4.31. The molecule has 0 spiro atoms. The summed E-state index contributed by atoms with van der Waals surface area (Å²) in [4.78, 5) is 25.2. The van der Waals surface area contributed by atoms with E-state index in [1.807, 2.05) is 29.5 Å². The first-order valence-corrected chi connectivity index (χ1v) is 7.75. The number of anilines is 1. The smallest absolute Gasteiger partial charge is 0.337 e. The maximum Gasteiger partial charge on any atom is 0.337 e. The highest BCUT2D eigenvalue weighted by molar-refractivity contribution is 14.1. The van der Waals surface area contributed by atoms with Crippen LogP contribution in [-0.4, -0.2) is 47.8 Å². The lowest BCUT2D eigenvalue weighted by molar-refractivity contribution is 0.0696. The van der Waals surface area contributed by atoms with Crippen LogP contribution in [0.4, 0.5) is 10.5 Å². The van der Waals surface area contributed by atoms with Crippen molar-refractivity contribution in [1.82, 2.24) is 4.90 Å². The average molecular weight is 404 g/mol. The van der Waals surface area contributed by atoms with Gasteiger partial charge in [0.1, 0.15) is 0 Å². The van der Waals surface area contributed by atoms with E-state index in [2.05, 4.69) is 5.32 Å². The monoisotopic (exact) mass is 404 g/mol. The van der Waals surface area contributed by atoms with Crippen LogP contribution in [0, 0.1) is 3.57 Å². The van der Waals surface area contributed by atoms with Gasteiger partial charge in [0.05, 0.1) is 17.4 Å². The molecule has 0 saturated carbocycles. The van der Waals surface area contributed by atoms with Gasteiger partial charge in [-0.1, -0.05) is 0 Å². The molecular formula is C14H17IN2O4. The predicted octanol–water partition coefficient (Wildman–Crippen LogP) is 2.63. The molecule has 1 heterocycles. The molecular weight excluding hydrogens is 387 g/mol. The van der Waals surface area contributed by atoms with E-state index in [0.717, 1.165) is 9.99 Å². The Kier molecular flexibility index (Phi) is 5.40. The van der Waals surface area contributed by atoms with Gasteiger partial charge in [0.25, 0.3) is 0 Å². The minimum atomic E-state index is -1.06. The molecule has 2 N–H and O–H groups in total. The number of urea groups is 1. The van der Waals surface area contributed by atoms with E-state index in [1.54, 1.807) is 17.0 Å². The molecule has 0 aliphatic carbocycles. The minimum Gasteiger partial charge on any atom is -0.478 e. The lowest BCUT2D eigenvalue weighted by atomic mass is 10.2. The highest BCUT2D eigenvalue weighted by atomic mass is 127. The number of hydrogen-bond donors (Lipinski definition) is 2. The van der Waals surface area contributed by atoms with E-state index >= 15 is 0 Å². The van der Waals surface area contributed by atoms with Crippen molar-refractivity contribution in [3.63, 3.8) is 0 Å². The van der Waals surface area contributed by atoms with Crippen LogP contribution in [0.3, 0.4) is 0 Å². The number of nitrogens with one attached hydrogen (secondary N) is 1. The van der Waals surface area contributed by atoms with E-state index in [-0.39, 0.29) is 17.7 Å². The molecule has 1 saturated heterocycles. The number of ether oxygens (including phenoxy) is 1. The normalized spacial score (nSPS) is 19.0. The number of benzene rings is 1. The van der Waals surface area contributed by atoms with Crippen molar-refractivity contribution in [2.45, 2.75) is 19.4 Å². The first-order valence-electron chi connectivity index (χ1n) is 6.67. The Morgan fingerprint density at radius 1 is 1.48 bits per heavy atom. The zero-order valence-electron chi connectivity index (χ0n) is 11.6. The van der Waals surface area contributed by atoms with E-state index < -0.39 is 5.97 Å². The molecule has 0 bridgehead atoms. The Balaban J connectivity index is 2.13. The van der Waals surface area contributed by atoms with Crippen molar-refractivity contribution in [3.8, 4) is 0 Å². The fourth-order valence-electron chi connectivity index (χ4n) is 2.18. The zero-order valence-corrected chi connectivity index (χ0v) is 13.8. The number of carbonyl (C=O) groups is 2. The highest BCUT2D eigenvalue weighted by Gasteiger charge is 2.21. The fourth-order valence-corrected chi connectivity index (χ4v) is 2.67. The quantitative estimate of drug-likeness (QED) is 0.743. The number of carbonyl (C=O) groups excluding carboxylic acids is 1. The number of halogens is 1. The molecule has 2 rings (SSSR count). The van der Waals surface area contributed by atoms with Gasteiger partial charge in [-0.05, 0) is 54.1 Å². The van der Waals surface area contributed by atoms with E-state index in [1.165, 1.54) is 6.07 Å². The topological polar surface area (TPSA) is 78.9 Å². The molecule has 1 unspecified atom stereocenters. The molecule has 1 atom stereocenters. The van der Waals surface area contributed by atoms with Crippen LogP contribution in [0.25, 0.3) is 0 Å². The molecule has 21 heavy (non-hydrogen) atoms. The zero-order chi connectivity index (χ0) is 15.4. The van der Waals surface area contributed by atoms with Crippen LogP contribution in [0.1, 0.15) is 23.7 Å². The Bertz CT molecular complexity index is 550. The van der Waals surface area contributed by atoms with Gasteiger partial charge >= 0.3 is 12.0 Å². The van der Waals surface area contributed by atoms with Crippen molar-refractivity contribution in [2.75, 3.05) is 25.0 Å². The summed E-state index contributed by atoms with van der Waals surface area (Å²) in [5, 5.41) is 11.9. The summed E-state index contributed by atoms with van der Waals surface area (Å²) in [5.41, 5.74) is 0.403. The van der Waals surface area contributed by atoms with Crippen molar-refractivity contribution < 1.29 is 19.4 Å². The maximum absolute atomic E-state index is 12.3. The van der Waals surface area contributed by atoms with Crippen molar-refractivity contribution >= 4 is 40.3 Å². The molecule has 1 aromatic carbocycles. The number of amides is 2. The van der Waals surface area contributed by atoms with Crippen LogP contribution < -0.4 is 5.32 Å². The molecule has 0 aromatic heterocycles. The molecule has 1 aliphatic rings. The minimum absolute atomic E-state index is 0.0195. The first-order chi connectivity index (χ1) is 9.97. The van der Waals surface area contributed by atoms with Gasteiger partial charge < -0.3 is 20.1 Å². The molecule has 6 nitrogen and oxygen atoms in total. The molecule has 2 amide bonds. The van der Waals surface area contributed by atoms with E-state index in [0.29, 0.717) is 25.4 Å². The van der Waals surface area contributed by atoms with Crippen molar-refractivity contribution in [3.05, 3.63) is 27.3 Å². The Hall–Kier alpha value is -1.35. The van der Waals surface area contributed by atoms with Crippen LogP contribution >= 0.6 is 22.6 Å². The van der Waals surface area contributed by atoms with E-state index in [4.69, 9.17) is 4.74 Å². The van der Waals surface area contributed by atoms with Gasteiger partial charge in [-0.3, -0.25) is 0 Å². The molecule has 1 fully saturated rings. The van der Waals surface area contributed by atoms with Gasteiger partial charge in [0, 0.05) is 23.3 Å². The van der Waals surface area contributed by atoms with Gasteiger partial charge in [-0.25, -0.2) is 9.59 Å². The number of aromatic carboxylic acids is 1. The molecule has 7 heteroatoms. The summed E-state index contributed by atoms with van der Waals surface area (Å²) >= 11 is 2.04. The summed E-state index contributed by atoms with van der Waals surface area (Å²) in [7, 11) is 0. The van der Waals surface area contributed by atoms with Crippen molar-refractivity contribution in [2.24, 2.45) is 0 Å². The van der Waals surface area contributed by atoms with Gasteiger partial charge in [0.15, 0.2) is 0 Å². The maximum atomic E-state index is 12.3. The summed E-state index contributed by atoms with van der Waals surface area (Å²) in [6.07, 6.45) is 0.755. The third-order valence-electron chi connectivity index (χ3n) is 3.19. The summed E-state index contributed by atoms with van der Waals surface area (Å²) in [6, 6.07) is 4.61. The third-order valence-corrected chi connectivity index (χ3v) is 3.86. The van der Waals surface area contributed by atoms with Crippen LogP contribution in [0.15, 0.2) is 18.2 Å². The van der Waals surface area contributed by atoms with E-state index in [9.17, 15) is 14.7 Å². The summed E-state index contributed by atoms with van der Waals surface area (Å²) < 4.78 is 6.30. The van der Waals surface area contributed by atoms with Gasteiger partial charge in [-0.15, -0.1) is 0 Å². The fraction of sp³-hybridized carbons (Fsp3) is 0.429. The second kappa shape index (κ2) is 7.08. The van der Waals surface area contributed by atoms with Crippen LogP contribution in [0.5, 0.6) is 0 Å². The lowest BCUT2D eigenvalue weighted by Gasteiger charge is -2.23. The second-order valence-electron chi connectivity index (χ2n) is 4.91. The SMILES string of the molecule is CC1CN(C(=O)Nc2ccc(I)cc2C(=O)O)CCCO1. The van der Waals surface area contributed by atoms with Crippen LogP contribution in [-0.2, 0) is 4.74 Å². The highest BCUT2D eigenvalue weighted by Crippen LogP contribution is 2.20. The predicted molar refractivity (Wildman–Crippen MR) is 86.7 cm³/mol. The Morgan fingerprint density at radius 3 is 2.95 bits per heavy atom. The van der Waals surface area contributed by atoms with Gasteiger partial charge in [0.2, 0.25) is 0 Å². The number of rotatable bonds is 2. The molecule has 1 aromatic rings. The number of carboxylic acid groups (broad SMARTS) is 1. The molecule has 0 radical (unpaired) electrons. The molecule has 1 aliphatic heterocycles. The number of hydrogen-bond acceptors (Lipinski definition) is 3. The number of nitrogens with zero attached hydrogens (tertiary/aromatic N) is 1. The largest absolute Gasteiger partial charge is 0.478 e. The van der Waals surface area contributed by atoms with Crippen LogP contribution in [0.2, 0.25) is 0 Å². The summed E-state index contributed by atoms with van der Waals surface area (Å²) in [6.45, 7) is 3.65. The number of carboxylic acids is 1. The second-order valence-corrected chi connectivity index (χ2v) is 6.15. The van der Waals surface area contributed by atoms with Gasteiger partial charge in [-0.2, -0.15) is 0 Å². The summed E-state index contributed by atoms with van der Waals surface area (Å²) in [5.74, 6) is -1.06. The van der Waals surface area contributed by atoms with Crippen molar-refractivity contribution in [1.29, 1.82) is 0 Å². The first kappa shape index (κ1) is 16.0.